The van der Waals surface area contributed by atoms with Gasteiger partial charge in [0, 0.05) is 34.1 Å². The van der Waals surface area contributed by atoms with Crippen molar-refractivity contribution in [2.24, 2.45) is 28.6 Å². The molecule has 0 spiro atoms. The first-order valence-corrected chi connectivity index (χ1v) is 13.4. The van der Waals surface area contributed by atoms with Gasteiger partial charge in [-0.05, 0) is 62.0 Å². The number of hydrogen-bond donors (Lipinski definition) is 2. The number of aliphatic hydroxyl groups excluding tert-OH is 1. The van der Waals surface area contributed by atoms with Gasteiger partial charge >= 0.3 is 5.97 Å². The first kappa shape index (κ1) is 24.7. The molecule has 2 heterocycles. The molecule has 0 radical (unpaired) electrons. The number of halogens is 3. The Balaban J connectivity index is 1.39. The quantitative estimate of drug-likeness (QED) is 0.587. The zero-order valence-corrected chi connectivity index (χ0v) is 21.5. The number of rotatable bonds is 3. The van der Waals surface area contributed by atoms with Crippen LogP contribution < -0.4 is 0 Å². The monoisotopic (exact) mass is 539 g/mol. The maximum Gasteiger partial charge on any atom is 0.339 e. The van der Waals surface area contributed by atoms with Crippen molar-refractivity contribution in [3.05, 3.63) is 45.1 Å². The van der Waals surface area contributed by atoms with E-state index in [-0.39, 0.29) is 18.4 Å². The highest BCUT2D eigenvalue weighted by atomic mass is 35.5. The second-order valence-corrected chi connectivity index (χ2v) is 13.3. The SMILES string of the molecule is C[C@]12C=CC(=O)C=C1[C@@H](F)C[C@H]1[C@@H]3C[C@H]4CN(Cc5ccc(Cl)s5)O[C@@]4(C(=O)O)[C@@]3(C)C[C@H](O)[C@@]12F. The molecule has 2 N–H and O–H groups in total. The molecule has 6 rings (SSSR count). The molecule has 1 aliphatic heterocycles. The van der Waals surface area contributed by atoms with Gasteiger partial charge in [-0.2, -0.15) is 5.06 Å². The van der Waals surface area contributed by atoms with Gasteiger partial charge < -0.3 is 10.2 Å². The van der Waals surface area contributed by atoms with E-state index in [1.807, 2.05) is 6.07 Å². The number of carbonyl (C=O) groups is 2. The highest BCUT2D eigenvalue weighted by Crippen LogP contribution is 2.72. The van der Waals surface area contributed by atoms with Gasteiger partial charge in [-0.15, -0.1) is 11.3 Å². The molecule has 10 heteroatoms. The minimum absolute atomic E-state index is 0.0552. The first-order valence-electron chi connectivity index (χ1n) is 12.2. The van der Waals surface area contributed by atoms with Crippen LogP contribution in [0.2, 0.25) is 4.34 Å². The molecule has 4 aliphatic carbocycles. The second-order valence-electron chi connectivity index (χ2n) is 11.5. The van der Waals surface area contributed by atoms with E-state index >= 15 is 8.78 Å². The van der Waals surface area contributed by atoms with Crippen LogP contribution in [-0.2, 0) is 21.0 Å². The van der Waals surface area contributed by atoms with Crippen molar-refractivity contribution < 1.29 is 33.4 Å². The van der Waals surface area contributed by atoms with Crippen molar-refractivity contribution >= 4 is 34.7 Å². The van der Waals surface area contributed by atoms with Crippen LogP contribution in [0, 0.1) is 28.6 Å². The Morgan fingerprint density at radius 2 is 2.06 bits per heavy atom. The standard InChI is InChI=1S/C26H28ClF2NO5S/c1-23-6-5-14(31)8-18(23)19(28)9-17-16-7-13-11-30(12-15-3-4-21(27)36-15)35-26(13,22(33)34)24(16,2)10-20(32)25(17,23)29/h3-6,8,13,16-17,19-20,32H,7,9-12H2,1-2H3,(H,33,34)/t13-,16-,17-,19-,20-,23-,24-,25-,26-/m0/s1. The number of hydrogen-bond acceptors (Lipinski definition) is 6. The van der Waals surface area contributed by atoms with E-state index in [1.54, 1.807) is 25.0 Å². The lowest BCUT2D eigenvalue weighted by molar-refractivity contribution is -0.275. The summed E-state index contributed by atoms with van der Waals surface area (Å²) in [5.74, 6) is -3.46. The maximum absolute atomic E-state index is 17.3. The van der Waals surface area contributed by atoms with Gasteiger partial charge in [0.15, 0.2) is 17.1 Å². The fraction of sp³-hybridized carbons (Fsp3) is 0.615. The van der Waals surface area contributed by atoms with Crippen LogP contribution in [0.15, 0.2) is 35.9 Å². The van der Waals surface area contributed by atoms with Crippen LogP contribution in [-0.4, -0.2) is 57.1 Å². The number of carboxylic acids is 1. The smallest absolute Gasteiger partial charge is 0.339 e. The molecule has 1 aromatic heterocycles. The normalized spacial score (nSPS) is 47.7. The largest absolute Gasteiger partial charge is 0.479 e. The second kappa shape index (κ2) is 7.69. The number of alkyl halides is 2. The Morgan fingerprint density at radius 3 is 2.72 bits per heavy atom. The van der Waals surface area contributed by atoms with E-state index in [2.05, 4.69) is 0 Å². The summed E-state index contributed by atoms with van der Waals surface area (Å²) >= 11 is 7.44. The third kappa shape index (κ3) is 2.86. The fourth-order valence-corrected chi connectivity index (χ4v) is 9.48. The Hall–Kier alpha value is -1.65. The predicted molar refractivity (Wildman–Crippen MR) is 129 cm³/mol. The lowest BCUT2D eigenvalue weighted by Gasteiger charge is -2.62. The van der Waals surface area contributed by atoms with Crippen LogP contribution in [0.25, 0.3) is 0 Å². The molecule has 194 valence electrons. The lowest BCUT2D eigenvalue weighted by atomic mass is 9.44. The van der Waals surface area contributed by atoms with Crippen LogP contribution >= 0.6 is 22.9 Å². The zero-order valence-electron chi connectivity index (χ0n) is 19.9. The third-order valence-corrected chi connectivity index (χ3v) is 11.2. The van der Waals surface area contributed by atoms with Crippen LogP contribution in [0.4, 0.5) is 8.78 Å². The molecular formula is C26H28ClF2NO5S. The fourth-order valence-electron chi connectivity index (χ4n) is 8.39. The van der Waals surface area contributed by atoms with Crippen molar-refractivity contribution in [2.45, 2.75) is 63.2 Å². The van der Waals surface area contributed by atoms with Crippen LogP contribution in [0.5, 0.6) is 0 Å². The van der Waals surface area contributed by atoms with Gasteiger partial charge in [0.2, 0.25) is 0 Å². The van der Waals surface area contributed by atoms with Gasteiger partial charge in [-0.3, -0.25) is 9.63 Å². The number of carboxylic acid groups (broad SMARTS) is 1. The van der Waals surface area contributed by atoms with Gasteiger partial charge in [0.1, 0.15) is 6.17 Å². The molecule has 1 saturated heterocycles. The molecule has 5 aliphatic rings. The summed E-state index contributed by atoms with van der Waals surface area (Å²) in [6, 6.07) is 3.63. The summed E-state index contributed by atoms with van der Waals surface area (Å²) < 4.78 is 33.5. The zero-order chi connectivity index (χ0) is 25.8. The van der Waals surface area contributed by atoms with E-state index in [1.165, 1.54) is 23.5 Å². The summed E-state index contributed by atoms with van der Waals surface area (Å²) in [4.78, 5) is 32.1. The molecule has 4 fully saturated rings. The van der Waals surface area contributed by atoms with Crippen LogP contribution in [0.1, 0.15) is 38.0 Å². The number of hydroxylamine groups is 2. The van der Waals surface area contributed by atoms with Crippen molar-refractivity contribution in [3.8, 4) is 0 Å². The van der Waals surface area contributed by atoms with Crippen molar-refractivity contribution in [3.63, 3.8) is 0 Å². The van der Waals surface area contributed by atoms with E-state index < -0.39 is 63.9 Å². The lowest BCUT2D eigenvalue weighted by Crippen LogP contribution is -2.70. The average molecular weight is 540 g/mol. The number of carbonyl (C=O) groups excluding carboxylic acids is 1. The molecule has 3 saturated carbocycles. The number of ketones is 1. The molecule has 0 aromatic carbocycles. The maximum atomic E-state index is 17.3. The summed E-state index contributed by atoms with van der Waals surface area (Å²) in [5, 5.41) is 23.6. The summed E-state index contributed by atoms with van der Waals surface area (Å²) in [7, 11) is 0. The summed E-state index contributed by atoms with van der Waals surface area (Å²) in [6.07, 6.45) is 0.647. The van der Waals surface area contributed by atoms with E-state index in [9.17, 15) is 19.8 Å². The van der Waals surface area contributed by atoms with Crippen molar-refractivity contribution in [1.82, 2.24) is 5.06 Å². The first-order chi connectivity index (χ1) is 16.9. The van der Waals surface area contributed by atoms with Crippen LogP contribution in [0.3, 0.4) is 0 Å². The Kier molecular flexibility index (Phi) is 5.27. The number of fused-ring (bicyclic) bond motifs is 7. The third-order valence-electron chi connectivity index (χ3n) is 9.96. The predicted octanol–water partition coefficient (Wildman–Crippen LogP) is 4.52. The average Bonchev–Trinajstić information content (AvgIpc) is 3.44. The van der Waals surface area contributed by atoms with Gasteiger partial charge in [-0.1, -0.05) is 24.6 Å². The molecule has 6 nitrogen and oxygen atoms in total. The minimum Gasteiger partial charge on any atom is -0.479 e. The van der Waals surface area contributed by atoms with E-state index in [0.717, 1.165) is 11.0 Å². The van der Waals surface area contributed by atoms with E-state index in [4.69, 9.17) is 16.4 Å². The number of aliphatic hydroxyl groups is 1. The molecular weight excluding hydrogens is 512 g/mol. The Labute approximate surface area is 216 Å². The van der Waals surface area contributed by atoms with Gasteiger partial charge in [0.05, 0.1) is 17.0 Å². The summed E-state index contributed by atoms with van der Waals surface area (Å²) in [6.45, 7) is 3.98. The Morgan fingerprint density at radius 1 is 1.31 bits per heavy atom. The van der Waals surface area contributed by atoms with Gasteiger partial charge in [-0.25, -0.2) is 13.6 Å². The molecule has 0 bridgehead atoms. The highest BCUT2D eigenvalue weighted by molar-refractivity contribution is 7.16. The molecule has 0 unspecified atom stereocenters. The van der Waals surface area contributed by atoms with Gasteiger partial charge in [0.25, 0.3) is 0 Å². The number of aliphatic carboxylic acids is 1. The van der Waals surface area contributed by atoms with Crippen molar-refractivity contribution in [1.29, 1.82) is 0 Å². The topological polar surface area (TPSA) is 87.1 Å². The number of nitrogens with zero attached hydrogens (tertiary/aromatic N) is 1. The number of allylic oxidation sites excluding steroid dienone is 4. The highest BCUT2D eigenvalue weighted by Gasteiger charge is 2.80. The molecule has 9 atom stereocenters. The molecule has 1 aromatic rings. The number of thiophene rings is 1. The molecule has 36 heavy (non-hydrogen) atoms. The van der Waals surface area contributed by atoms with Crippen molar-refractivity contribution in [2.75, 3.05) is 6.54 Å². The minimum atomic E-state index is -2.24. The molecule has 0 amide bonds. The Bertz CT molecular complexity index is 1220. The van der Waals surface area contributed by atoms with E-state index in [0.29, 0.717) is 23.8 Å². The summed E-state index contributed by atoms with van der Waals surface area (Å²) in [5.41, 5.74) is -6.48.